The smallest absolute Gasteiger partial charge is 0.335 e. The number of carboxylic acids is 1. The summed E-state index contributed by atoms with van der Waals surface area (Å²) in [4.78, 5) is 59.0. The number of nitrogens with one attached hydrogen (secondary N) is 2. The Kier molecular flexibility index (Phi) is 13.7. The number of amides is 2. The maximum Gasteiger partial charge on any atom is 0.335 e. The van der Waals surface area contributed by atoms with Gasteiger partial charge in [0.2, 0.25) is 27.6 Å². The third kappa shape index (κ3) is 11.1. The van der Waals surface area contributed by atoms with Gasteiger partial charge in [-0.25, -0.2) is 22.9 Å². The number of rotatable bonds is 18. The molecule has 1 aromatic heterocycles. The number of carbonyl (C=O) groups excluding carboxylic acids is 3. The van der Waals surface area contributed by atoms with Crippen molar-refractivity contribution in [2.45, 2.75) is 62.9 Å². The second-order valence-electron chi connectivity index (χ2n) is 13.0. The van der Waals surface area contributed by atoms with Crippen molar-refractivity contribution in [3.63, 3.8) is 0 Å². The summed E-state index contributed by atoms with van der Waals surface area (Å²) in [5, 5.41) is 12.6. The Balaban J connectivity index is 1.39. The van der Waals surface area contributed by atoms with E-state index in [0.717, 1.165) is 11.8 Å². The topological polar surface area (TPSA) is 211 Å². The second-order valence-corrected chi connectivity index (χ2v) is 15.2. The Bertz CT molecular complexity index is 2050. The number of likely N-dealkylation sites (tertiary alicyclic amines) is 1. The average Bonchev–Trinajstić information content (AvgIpc) is 3.78. The summed E-state index contributed by atoms with van der Waals surface area (Å²) in [7, 11) is -3.91. The predicted octanol–water partition coefficient (Wildman–Crippen LogP) is 4.18. The molecule has 5 N–H and O–H groups in total. The number of sulfonamides is 1. The fraction of sp³-hybridized carbons (Fsp3) is 0.342. The molecule has 54 heavy (non-hydrogen) atoms. The largest absolute Gasteiger partial charge is 0.478 e. The number of halogens is 1. The van der Waals surface area contributed by atoms with Crippen LogP contribution in [-0.2, 0) is 31.0 Å². The molecule has 0 radical (unpaired) electrons. The molecular formula is C38H42ClN5O9S. The molecule has 1 aliphatic rings. The third-order valence-corrected chi connectivity index (χ3v) is 9.79. The van der Waals surface area contributed by atoms with Gasteiger partial charge < -0.3 is 30.2 Å². The van der Waals surface area contributed by atoms with E-state index in [0.29, 0.717) is 41.1 Å². The standard InChI is InChI=1S/C38H42ClN5O9S/c1-54(50,51)43-31(10-6-7-24-12-16-26(17-13-24)38(48)49)37(47)44-22-28(52-23-25-14-18-27(39)19-15-25)21-32(44)35(46)41-30(9-4-5-20-40)34(45)36-42-29-8-2-3-11-33(29)53-36/h2-3,6-8,11-19,28,30-32,43H,4-5,9-10,20-23,40H2,1H3,(H,41,46)(H,48,49)/t28-,30+,31-,32+/m1/s1. The quantitative estimate of drug-likeness (QED) is 0.0831. The average molecular weight is 780 g/mol. The first-order chi connectivity index (χ1) is 25.8. The number of para-hydroxylation sites is 2. The Morgan fingerprint density at radius 3 is 2.44 bits per heavy atom. The van der Waals surface area contributed by atoms with Gasteiger partial charge in [0.15, 0.2) is 5.58 Å². The number of carbonyl (C=O) groups is 4. The van der Waals surface area contributed by atoms with Crippen LogP contribution in [0.2, 0.25) is 5.02 Å². The van der Waals surface area contributed by atoms with Crippen LogP contribution in [0.15, 0.2) is 83.3 Å². The molecule has 1 saturated heterocycles. The number of benzene rings is 3. The number of carboxylic acid groups (broad SMARTS) is 1. The molecule has 0 unspecified atom stereocenters. The van der Waals surface area contributed by atoms with E-state index in [9.17, 15) is 32.7 Å². The Morgan fingerprint density at radius 2 is 1.78 bits per heavy atom. The molecule has 3 aromatic carbocycles. The number of ether oxygens (including phenoxy) is 1. The first-order valence-electron chi connectivity index (χ1n) is 17.3. The summed E-state index contributed by atoms with van der Waals surface area (Å²) in [5.74, 6) is -3.09. The van der Waals surface area contributed by atoms with Gasteiger partial charge >= 0.3 is 5.97 Å². The van der Waals surface area contributed by atoms with Crippen LogP contribution >= 0.6 is 11.6 Å². The molecular weight excluding hydrogens is 738 g/mol. The number of ketones is 1. The van der Waals surface area contributed by atoms with E-state index in [-0.39, 0.29) is 43.9 Å². The summed E-state index contributed by atoms with van der Waals surface area (Å²) in [5.41, 5.74) is 8.15. The summed E-state index contributed by atoms with van der Waals surface area (Å²) in [6, 6.07) is 16.4. The van der Waals surface area contributed by atoms with Gasteiger partial charge in [-0.05, 0) is 79.8 Å². The first-order valence-corrected chi connectivity index (χ1v) is 19.6. The van der Waals surface area contributed by atoms with Crippen LogP contribution in [0.3, 0.4) is 0 Å². The highest BCUT2D eigenvalue weighted by Gasteiger charge is 2.43. The number of hydrogen-bond acceptors (Lipinski definition) is 10. The number of fused-ring (bicyclic) bond motifs is 1. The molecule has 286 valence electrons. The van der Waals surface area contributed by atoms with E-state index in [2.05, 4.69) is 15.0 Å². The third-order valence-electron chi connectivity index (χ3n) is 8.83. The zero-order chi connectivity index (χ0) is 38.8. The van der Waals surface area contributed by atoms with E-state index in [1.807, 2.05) is 0 Å². The zero-order valence-electron chi connectivity index (χ0n) is 29.5. The maximum atomic E-state index is 14.3. The van der Waals surface area contributed by atoms with Crippen molar-refractivity contribution >= 4 is 62.4 Å². The lowest BCUT2D eigenvalue weighted by Gasteiger charge is -2.29. The van der Waals surface area contributed by atoms with E-state index in [1.54, 1.807) is 72.8 Å². The SMILES string of the molecule is CS(=O)(=O)N[C@H](CC=Cc1ccc(C(=O)O)cc1)C(=O)N1C[C@H](OCc2ccc(Cl)cc2)C[C@H]1C(=O)N[C@@H](CCCCN)C(=O)c1nc2ccccc2o1. The fourth-order valence-corrected chi connectivity index (χ4v) is 6.94. The number of hydrogen-bond donors (Lipinski definition) is 4. The summed E-state index contributed by atoms with van der Waals surface area (Å²) in [6.07, 6.45) is 4.84. The van der Waals surface area contributed by atoms with Gasteiger partial charge in [-0.3, -0.25) is 14.4 Å². The molecule has 2 heterocycles. The highest BCUT2D eigenvalue weighted by molar-refractivity contribution is 7.88. The van der Waals surface area contributed by atoms with Crippen molar-refractivity contribution in [1.29, 1.82) is 0 Å². The van der Waals surface area contributed by atoms with Crippen molar-refractivity contribution < 1.29 is 41.9 Å². The first kappa shape index (κ1) is 40.3. The maximum absolute atomic E-state index is 14.3. The van der Waals surface area contributed by atoms with Gasteiger partial charge in [-0.2, -0.15) is 0 Å². The molecule has 0 bridgehead atoms. The second kappa shape index (κ2) is 18.4. The van der Waals surface area contributed by atoms with Crippen molar-refractivity contribution in [3.8, 4) is 0 Å². The normalized spacial score (nSPS) is 17.1. The van der Waals surface area contributed by atoms with Crippen molar-refractivity contribution in [3.05, 3.63) is 106 Å². The number of Topliss-reactive ketones (excluding diaryl/α,β-unsaturated/α-hetero) is 1. The molecule has 2 amide bonds. The number of nitrogens with two attached hydrogens (primary N) is 1. The Morgan fingerprint density at radius 1 is 1.06 bits per heavy atom. The molecule has 4 atom stereocenters. The fourth-order valence-electron chi connectivity index (χ4n) is 6.10. The molecule has 4 aromatic rings. The minimum absolute atomic E-state index is 0.0380. The van der Waals surface area contributed by atoms with Crippen LogP contribution in [0.1, 0.15) is 64.3 Å². The summed E-state index contributed by atoms with van der Waals surface area (Å²) >= 11 is 6.03. The van der Waals surface area contributed by atoms with Crippen LogP contribution < -0.4 is 15.8 Å². The molecule has 0 saturated carbocycles. The van der Waals surface area contributed by atoms with Crippen LogP contribution in [0.5, 0.6) is 0 Å². The molecule has 0 aliphatic carbocycles. The Labute approximate surface area is 317 Å². The number of aromatic carboxylic acids is 1. The van der Waals surface area contributed by atoms with E-state index in [1.165, 1.54) is 17.0 Å². The van der Waals surface area contributed by atoms with Crippen LogP contribution in [0, 0.1) is 0 Å². The molecule has 14 nitrogen and oxygen atoms in total. The number of aromatic nitrogens is 1. The van der Waals surface area contributed by atoms with Gasteiger partial charge in [0, 0.05) is 18.0 Å². The van der Waals surface area contributed by atoms with Crippen molar-refractivity contribution in [2.75, 3.05) is 19.3 Å². The van der Waals surface area contributed by atoms with Crippen LogP contribution in [0.25, 0.3) is 17.2 Å². The van der Waals surface area contributed by atoms with Crippen molar-refractivity contribution in [1.82, 2.24) is 19.9 Å². The van der Waals surface area contributed by atoms with Crippen molar-refractivity contribution in [2.24, 2.45) is 5.73 Å². The molecule has 16 heteroatoms. The lowest BCUT2D eigenvalue weighted by molar-refractivity contribution is -0.140. The highest BCUT2D eigenvalue weighted by atomic mass is 35.5. The highest BCUT2D eigenvalue weighted by Crippen LogP contribution is 2.25. The van der Waals surface area contributed by atoms with E-state index in [4.69, 9.17) is 26.5 Å². The predicted molar refractivity (Wildman–Crippen MR) is 202 cm³/mol. The number of oxazole rings is 1. The monoisotopic (exact) mass is 779 g/mol. The molecule has 5 rings (SSSR count). The van der Waals surface area contributed by atoms with Gasteiger partial charge in [-0.15, -0.1) is 0 Å². The van der Waals surface area contributed by atoms with Crippen LogP contribution in [0.4, 0.5) is 0 Å². The van der Waals surface area contributed by atoms with E-state index >= 15 is 0 Å². The Hall–Kier alpha value is -4.93. The zero-order valence-corrected chi connectivity index (χ0v) is 31.1. The van der Waals surface area contributed by atoms with Gasteiger partial charge in [0.25, 0.3) is 5.89 Å². The molecule has 1 fully saturated rings. The molecule has 1 aliphatic heterocycles. The number of nitrogens with zero attached hydrogens (tertiary/aromatic N) is 2. The minimum Gasteiger partial charge on any atom is -0.478 e. The van der Waals surface area contributed by atoms with Gasteiger partial charge in [0.05, 0.1) is 30.6 Å². The minimum atomic E-state index is -3.91. The lowest BCUT2D eigenvalue weighted by Crippen LogP contribution is -2.55. The lowest BCUT2D eigenvalue weighted by atomic mass is 10.0. The molecule has 0 spiro atoms. The summed E-state index contributed by atoms with van der Waals surface area (Å²) < 4.78 is 39.2. The van der Waals surface area contributed by atoms with Gasteiger partial charge in [-0.1, -0.05) is 60.2 Å². The number of unbranched alkanes of at least 4 members (excludes halogenated alkanes) is 1. The summed E-state index contributed by atoms with van der Waals surface area (Å²) in [6.45, 7) is 0.500. The van der Waals surface area contributed by atoms with E-state index < -0.39 is 57.8 Å². The van der Waals surface area contributed by atoms with Crippen LogP contribution in [-0.4, -0.2) is 90.5 Å². The van der Waals surface area contributed by atoms with Gasteiger partial charge in [0.1, 0.15) is 17.6 Å².